The highest BCUT2D eigenvalue weighted by Gasteiger charge is 2.44. The number of anilines is 1. The molecular weight excluding hydrogens is 390 g/mol. The molecule has 0 saturated carbocycles. The molecule has 3 atom stereocenters. The molecule has 1 aromatic carbocycles. The SMILES string of the molecule is O[C@@H]1CN(c2ccc(C#C[C@@]3(O)CN4CCC3CC4)c(Cc3ccccc3)n2)C[C@H]1O. The van der Waals surface area contributed by atoms with Crippen molar-refractivity contribution >= 4 is 5.82 Å². The first-order valence-electron chi connectivity index (χ1n) is 11.1. The summed E-state index contributed by atoms with van der Waals surface area (Å²) in [6, 6.07) is 14.0. The highest BCUT2D eigenvalue weighted by Crippen LogP contribution is 2.35. The number of aromatic nitrogens is 1. The normalized spacial score (nSPS) is 32.0. The van der Waals surface area contributed by atoms with E-state index in [4.69, 9.17) is 4.98 Å². The number of benzene rings is 1. The fraction of sp³-hybridized carbons (Fsp3) is 0.480. The van der Waals surface area contributed by atoms with Gasteiger partial charge in [-0.3, -0.25) is 4.90 Å². The van der Waals surface area contributed by atoms with Crippen molar-refractivity contribution in [2.24, 2.45) is 5.92 Å². The summed E-state index contributed by atoms with van der Waals surface area (Å²) in [5.41, 5.74) is 1.84. The molecule has 6 nitrogen and oxygen atoms in total. The fourth-order valence-electron chi connectivity index (χ4n) is 5.02. The molecule has 3 N–H and O–H groups in total. The summed E-state index contributed by atoms with van der Waals surface area (Å²) in [5.74, 6) is 7.43. The highest BCUT2D eigenvalue weighted by atomic mass is 16.3. The van der Waals surface area contributed by atoms with Gasteiger partial charge in [-0.05, 0) is 43.6 Å². The molecule has 0 aliphatic carbocycles. The fourth-order valence-corrected chi connectivity index (χ4v) is 5.02. The second-order valence-corrected chi connectivity index (χ2v) is 9.09. The lowest BCUT2D eigenvalue weighted by molar-refractivity contribution is -0.0713. The van der Waals surface area contributed by atoms with Crippen LogP contribution in [-0.2, 0) is 6.42 Å². The number of aliphatic hydroxyl groups excluding tert-OH is 2. The predicted octanol–water partition coefficient (Wildman–Crippen LogP) is 1.02. The zero-order valence-corrected chi connectivity index (χ0v) is 17.6. The number of pyridine rings is 1. The molecule has 6 heteroatoms. The van der Waals surface area contributed by atoms with Gasteiger partial charge in [0, 0.05) is 37.5 Å². The third-order valence-corrected chi connectivity index (χ3v) is 6.90. The second kappa shape index (κ2) is 8.25. The van der Waals surface area contributed by atoms with Crippen molar-refractivity contribution in [2.75, 3.05) is 37.6 Å². The quantitative estimate of drug-likeness (QED) is 0.645. The van der Waals surface area contributed by atoms with Crippen molar-refractivity contribution in [2.45, 2.75) is 37.1 Å². The minimum absolute atomic E-state index is 0.238. The number of piperidine rings is 3. The van der Waals surface area contributed by atoms with E-state index < -0.39 is 17.8 Å². The minimum atomic E-state index is -0.956. The lowest BCUT2D eigenvalue weighted by Crippen LogP contribution is -2.58. The first kappa shape index (κ1) is 20.5. The van der Waals surface area contributed by atoms with Crippen molar-refractivity contribution in [1.29, 1.82) is 0 Å². The van der Waals surface area contributed by atoms with Crippen molar-refractivity contribution in [3.8, 4) is 11.8 Å². The van der Waals surface area contributed by atoms with Crippen LogP contribution in [0.25, 0.3) is 0 Å². The van der Waals surface area contributed by atoms with Gasteiger partial charge < -0.3 is 20.2 Å². The Morgan fingerprint density at radius 1 is 1.00 bits per heavy atom. The van der Waals surface area contributed by atoms with Crippen molar-refractivity contribution in [3.63, 3.8) is 0 Å². The Hall–Kier alpha value is -2.43. The summed E-state index contributed by atoms with van der Waals surface area (Å²) in [6.07, 6.45) is 1.11. The Morgan fingerprint density at radius 2 is 1.71 bits per heavy atom. The van der Waals surface area contributed by atoms with Crippen LogP contribution in [0.3, 0.4) is 0 Å². The van der Waals surface area contributed by atoms with Gasteiger partial charge in [-0.15, -0.1) is 0 Å². The molecule has 0 radical (unpaired) electrons. The summed E-state index contributed by atoms with van der Waals surface area (Å²) < 4.78 is 0. The van der Waals surface area contributed by atoms with Crippen LogP contribution in [-0.4, -0.2) is 75.7 Å². The van der Waals surface area contributed by atoms with Gasteiger partial charge in [0.1, 0.15) is 11.4 Å². The van der Waals surface area contributed by atoms with Crippen molar-refractivity contribution in [3.05, 3.63) is 59.3 Å². The molecule has 2 bridgehead atoms. The van der Waals surface area contributed by atoms with Gasteiger partial charge in [-0.2, -0.15) is 0 Å². The maximum Gasteiger partial charge on any atom is 0.141 e. The van der Waals surface area contributed by atoms with E-state index in [-0.39, 0.29) is 5.92 Å². The van der Waals surface area contributed by atoms with Gasteiger partial charge >= 0.3 is 0 Å². The van der Waals surface area contributed by atoms with Gasteiger partial charge in [0.15, 0.2) is 0 Å². The molecule has 5 heterocycles. The van der Waals surface area contributed by atoms with Crippen LogP contribution in [0.1, 0.15) is 29.7 Å². The van der Waals surface area contributed by atoms with E-state index in [0.717, 1.165) is 48.6 Å². The monoisotopic (exact) mass is 419 g/mol. The molecule has 0 amide bonds. The van der Waals surface area contributed by atoms with Gasteiger partial charge in [-0.25, -0.2) is 4.98 Å². The Balaban J connectivity index is 1.46. The number of hydrogen-bond acceptors (Lipinski definition) is 6. The third kappa shape index (κ3) is 4.19. The molecule has 1 aromatic heterocycles. The minimum Gasteiger partial charge on any atom is -0.389 e. The Kier molecular flexibility index (Phi) is 5.45. The lowest BCUT2D eigenvalue weighted by atomic mass is 9.75. The smallest absolute Gasteiger partial charge is 0.141 e. The van der Waals surface area contributed by atoms with E-state index >= 15 is 0 Å². The Labute approximate surface area is 183 Å². The van der Waals surface area contributed by atoms with E-state index in [2.05, 4.69) is 28.9 Å². The first-order chi connectivity index (χ1) is 15.0. The van der Waals surface area contributed by atoms with Crippen molar-refractivity contribution in [1.82, 2.24) is 9.88 Å². The molecule has 6 rings (SSSR count). The number of rotatable bonds is 3. The summed E-state index contributed by atoms with van der Waals surface area (Å²) in [7, 11) is 0. The molecule has 4 saturated heterocycles. The largest absolute Gasteiger partial charge is 0.389 e. The zero-order chi connectivity index (χ0) is 21.4. The molecular formula is C25H29N3O3. The van der Waals surface area contributed by atoms with Crippen LogP contribution in [0.2, 0.25) is 0 Å². The first-order valence-corrected chi connectivity index (χ1v) is 11.1. The van der Waals surface area contributed by atoms with Gasteiger partial charge in [-0.1, -0.05) is 42.2 Å². The molecule has 0 spiro atoms. The van der Waals surface area contributed by atoms with Gasteiger partial charge in [0.2, 0.25) is 0 Å². The maximum atomic E-state index is 11.2. The average Bonchev–Trinajstić information content (AvgIpc) is 3.12. The second-order valence-electron chi connectivity index (χ2n) is 9.09. The van der Waals surface area contributed by atoms with Crippen LogP contribution in [0.4, 0.5) is 5.82 Å². The highest BCUT2D eigenvalue weighted by molar-refractivity contribution is 5.50. The number of aliphatic hydroxyl groups is 3. The van der Waals surface area contributed by atoms with Crippen molar-refractivity contribution < 1.29 is 15.3 Å². The van der Waals surface area contributed by atoms with Crippen LogP contribution >= 0.6 is 0 Å². The molecule has 162 valence electrons. The predicted molar refractivity (Wildman–Crippen MR) is 119 cm³/mol. The van der Waals surface area contributed by atoms with Crippen LogP contribution in [0.5, 0.6) is 0 Å². The van der Waals surface area contributed by atoms with Crippen LogP contribution in [0, 0.1) is 17.8 Å². The summed E-state index contributed by atoms with van der Waals surface area (Å²) in [4.78, 5) is 9.06. The number of hydrogen-bond donors (Lipinski definition) is 3. The number of fused-ring (bicyclic) bond motifs is 3. The summed E-state index contributed by atoms with van der Waals surface area (Å²) in [5, 5.41) is 31.0. The van der Waals surface area contributed by atoms with E-state index in [9.17, 15) is 15.3 Å². The molecule has 0 unspecified atom stereocenters. The molecule has 4 aliphatic rings. The summed E-state index contributed by atoms with van der Waals surface area (Å²) in [6.45, 7) is 3.45. The van der Waals surface area contributed by atoms with E-state index in [0.29, 0.717) is 26.1 Å². The molecule has 4 fully saturated rings. The number of nitrogens with zero attached hydrogens (tertiary/aromatic N) is 3. The van der Waals surface area contributed by atoms with E-state index in [1.165, 1.54) is 0 Å². The summed E-state index contributed by atoms with van der Waals surface area (Å²) >= 11 is 0. The van der Waals surface area contributed by atoms with Crippen LogP contribution < -0.4 is 4.90 Å². The average molecular weight is 420 g/mol. The third-order valence-electron chi connectivity index (χ3n) is 6.90. The van der Waals surface area contributed by atoms with E-state index in [1.807, 2.05) is 35.2 Å². The van der Waals surface area contributed by atoms with Crippen LogP contribution in [0.15, 0.2) is 42.5 Å². The Morgan fingerprint density at radius 3 is 2.35 bits per heavy atom. The topological polar surface area (TPSA) is 80.1 Å². The van der Waals surface area contributed by atoms with Gasteiger partial charge in [0.05, 0.1) is 17.9 Å². The maximum absolute atomic E-state index is 11.2. The Bertz CT molecular complexity index is 984. The molecule has 4 aliphatic heterocycles. The standard InChI is InChI=1S/C25H29N3O3/c29-22-15-28(16-23(22)30)24-7-6-19(21(26-24)14-18-4-2-1-3-5-18)8-11-25(31)17-27-12-9-20(25)10-13-27/h1-7,20,22-23,29-31H,9-10,12-17H2/t22-,23-,25-/m1/s1. The zero-order valence-electron chi connectivity index (χ0n) is 17.6. The molecule has 2 aromatic rings. The number of β-amino-alcohol motifs (C(OH)–C–C–N with tert-alkyl or cyclic N) is 2. The molecule has 31 heavy (non-hydrogen) atoms. The lowest BCUT2D eigenvalue weighted by Gasteiger charge is -2.47. The van der Waals surface area contributed by atoms with E-state index in [1.54, 1.807) is 0 Å². The van der Waals surface area contributed by atoms with Gasteiger partial charge in [0.25, 0.3) is 0 Å².